The molecular formula is C15H17N3O2. The molecule has 0 atom stereocenters. The van der Waals surface area contributed by atoms with Gasteiger partial charge in [0.2, 0.25) is 0 Å². The first-order valence-corrected chi connectivity index (χ1v) is 6.44. The number of pyridine rings is 1. The Kier molecular flexibility index (Phi) is 4.68. The van der Waals surface area contributed by atoms with Gasteiger partial charge in [0.1, 0.15) is 17.2 Å². The third kappa shape index (κ3) is 3.33. The van der Waals surface area contributed by atoms with Crippen LogP contribution in [0.25, 0.3) is 0 Å². The minimum absolute atomic E-state index is 0.218. The van der Waals surface area contributed by atoms with Crippen molar-refractivity contribution in [2.75, 3.05) is 6.54 Å². The minimum atomic E-state index is -0.218. The van der Waals surface area contributed by atoms with Crippen molar-refractivity contribution >= 4 is 5.91 Å². The average Bonchev–Trinajstić information content (AvgIpc) is 2.48. The summed E-state index contributed by atoms with van der Waals surface area (Å²) in [6, 6.07) is 10.8. The number of carbonyl (C=O) groups is 1. The number of hydrogen-bond acceptors (Lipinski definition) is 4. The zero-order valence-electron chi connectivity index (χ0n) is 11.3. The lowest BCUT2D eigenvalue weighted by Gasteiger charge is -2.10. The van der Waals surface area contributed by atoms with Crippen LogP contribution in [0, 0.1) is 0 Å². The van der Waals surface area contributed by atoms with Crippen LogP contribution in [-0.4, -0.2) is 17.4 Å². The number of nitrogens with two attached hydrogens (primary N) is 1. The Hall–Kier alpha value is -2.40. The number of nitrogens with one attached hydrogen (secondary N) is 1. The summed E-state index contributed by atoms with van der Waals surface area (Å²) >= 11 is 0. The number of ether oxygens (including phenoxy) is 1. The highest BCUT2D eigenvalue weighted by molar-refractivity contribution is 5.92. The Bertz CT molecular complexity index is 599. The normalized spacial score (nSPS) is 10.1. The van der Waals surface area contributed by atoms with Crippen molar-refractivity contribution in [2.45, 2.75) is 13.5 Å². The maximum Gasteiger partial charge on any atom is 0.270 e. The van der Waals surface area contributed by atoms with Gasteiger partial charge in [-0.05, 0) is 19.1 Å². The maximum atomic E-state index is 11.7. The molecule has 2 aromatic rings. The van der Waals surface area contributed by atoms with Crippen LogP contribution in [0.5, 0.6) is 11.5 Å². The molecule has 0 aliphatic carbocycles. The Labute approximate surface area is 117 Å². The maximum absolute atomic E-state index is 11.7. The molecule has 1 amide bonds. The van der Waals surface area contributed by atoms with Gasteiger partial charge >= 0.3 is 0 Å². The molecule has 20 heavy (non-hydrogen) atoms. The summed E-state index contributed by atoms with van der Waals surface area (Å²) in [6.07, 6.45) is 1.55. The van der Waals surface area contributed by atoms with Crippen LogP contribution in [-0.2, 0) is 6.54 Å². The summed E-state index contributed by atoms with van der Waals surface area (Å²) in [5.41, 5.74) is 6.90. The third-order valence-corrected chi connectivity index (χ3v) is 2.72. The van der Waals surface area contributed by atoms with Crippen molar-refractivity contribution in [1.29, 1.82) is 0 Å². The van der Waals surface area contributed by atoms with Gasteiger partial charge in [-0.15, -0.1) is 0 Å². The van der Waals surface area contributed by atoms with Gasteiger partial charge in [-0.2, -0.15) is 0 Å². The standard InChI is InChI=1S/C15H17N3O2/c1-2-17-15(19)13-9-12(7-8-18-13)20-14-6-4-3-5-11(14)10-16/h3-9H,2,10,16H2,1H3,(H,17,19). The van der Waals surface area contributed by atoms with Gasteiger partial charge in [-0.3, -0.25) is 9.78 Å². The van der Waals surface area contributed by atoms with E-state index in [1.54, 1.807) is 18.3 Å². The van der Waals surface area contributed by atoms with Crippen molar-refractivity contribution in [2.24, 2.45) is 5.73 Å². The zero-order valence-corrected chi connectivity index (χ0v) is 11.3. The number of rotatable bonds is 5. The van der Waals surface area contributed by atoms with Gasteiger partial charge in [0.05, 0.1) is 0 Å². The monoisotopic (exact) mass is 271 g/mol. The lowest BCUT2D eigenvalue weighted by atomic mass is 10.2. The average molecular weight is 271 g/mol. The predicted molar refractivity (Wildman–Crippen MR) is 76.7 cm³/mol. The fourth-order valence-corrected chi connectivity index (χ4v) is 1.75. The van der Waals surface area contributed by atoms with E-state index >= 15 is 0 Å². The van der Waals surface area contributed by atoms with E-state index in [0.717, 1.165) is 5.56 Å². The molecule has 0 aliphatic rings. The fourth-order valence-electron chi connectivity index (χ4n) is 1.75. The topological polar surface area (TPSA) is 77.2 Å². The molecule has 0 saturated heterocycles. The molecule has 3 N–H and O–H groups in total. The van der Waals surface area contributed by atoms with Crippen LogP contribution in [0.15, 0.2) is 42.6 Å². The zero-order chi connectivity index (χ0) is 14.4. The molecule has 5 nitrogen and oxygen atoms in total. The van der Waals surface area contributed by atoms with E-state index in [1.165, 1.54) is 0 Å². The van der Waals surface area contributed by atoms with Crippen LogP contribution in [0.2, 0.25) is 0 Å². The molecular weight excluding hydrogens is 254 g/mol. The van der Waals surface area contributed by atoms with Crippen molar-refractivity contribution in [3.63, 3.8) is 0 Å². The van der Waals surface area contributed by atoms with Crippen molar-refractivity contribution in [1.82, 2.24) is 10.3 Å². The molecule has 0 radical (unpaired) electrons. The first kappa shape index (κ1) is 14.0. The smallest absolute Gasteiger partial charge is 0.270 e. The number of nitrogens with zero attached hydrogens (tertiary/aromatic N) is 1. The van der Waals surface area contributed by atoms with E-state index in [-0.39, 0.29) is 5.91 Å². The number of hydrogen-bond donors (Lipinski definition) is 2. The summed E-state index contributed by atoms with van der Waals surface area (Å²) in [4.78, 5) is 15.7. The fraction of sp³-hybridized carbons (Fsp3) is 0.200. The second kappa shape index (κ2) is 6.68. The summed E-state index contributed by atoms with van der Waals surface area (Å²) in [5, 5.41) is 2.70. The quantitative estimate of drug-likeness (QED) is 0.872. The summed E-state index contributed by atoms with van der Waals surface area (Å²) < 4.78 is 5.77. The van der Waals surface area contributed by atoms with Gasteiger partial charge < -0.3 is 15.8 Å². The molecule has 0 unspecified atom stereocenters. The molecule has 2 rings (SSSR count). The van der Waals surface area contributed by atoms with E-state index in [1.807, 2.05) is 31.2 Å². The Balaban J connectivity index is 2.21. The number of benzene rings is 1. The molecule has 0 bridgehead atoms. The molecule has 5 heteroatoms. The highest BCUT2D eigenvalue weighted by atomic mass is 16.5. The van der Waals surface area contributed by atoms with Crippen molar-refractivity contribution in [3.05, 3.63) is 53.9 Å². The van der Waals surface area contributed by atoms with Gasteiger partial charge in [-0.25, -0.2) is 0 Å². The number of amides is 1. The van der Waals surface area contributed by atoms with E-state index in [2.05, 4.69) is 10.3 Å². The Morgan fingerprint density at radius 3 is 2.90 bits per heavy atom. The minimum Gasteiger partial charge on any atom is -0.457 e. The van der Waals surface area contributed by atoms with Crippen LogP contribution in [0.1, 0.15) is 23.0 Å². The van der Waals surface area contributed by atoms with E-state index in [4.69, 9.17) is 10.5 Å². The molecule has 104 valence electrons. The van der Waals surface area contributed by atoms with Crippen molar-refractivity contribution in [3.8, 4) is 11.5 Å². The second-order valence-corrected chi connectivity index (χ2v) is 4.15. The van der Waals surface area contributed by atoms with Gasteiger partial charge in [0.15, 0.2) is 0 Å². The van der Waals surface area contributed by atoms with Crippen LogP contribution in [0.4, 0.5) is 0 Å². The molecule has 0 spiro atoms. The molecule has 1 heterocycles. The SMILES string of the molecule is CCNC(=O)c1cc(Oc2ccccc2CN)ccn1. The largest absolute Gasteiger partial charge is 0.457 e. The van der Waals surface area contributed by atoms with E-state index in [9.17, 15) is 4.79 Å². The lowest BCUT2D eigenvalue weighted by molar-refractivity contribution is 0.0950. The number of carbonyl (C=O) groups excluding carboxylic acids is 1. The predicted octanol–water partition coefficient (Wildman–Crippen LogP) is 2.08. The molecule has 1 aromatic heterocycles. The second-order valence-electron chi connectivity index (χ2n) is 4.15. The first-order valence-electron chi connectivity index (χ1n) is 6.44. The van der Waals surface area contributed by atoms with Gasteiger partial charge in [-0.1, -0.05) is 18.2 Å². The first-order chi connectivity index (χ1) is 9.74. The highest BCUT2D eigenvalue weighted by Gasteiger charge is 2.08. The Morgan fingerprint density at radius 1 is 1.35 bits per heavy atom. The lowest BCUT2D eigenvalue weighted by Crippen LogP contribution is -2.23. The molecule has 0 fully saturated rings. The van der Waals surface area contributed by atoms with Gasteiger partial charge in [0, 0.05) is 30.9 Å². The third-order valence-electron chi connectivity index (χ3n) is 2.72. The summed E-state index contributed by atoms with van der Waals surface area (Å²) in [5.74, 6) is 1.02. The molecule has 0 aliphatic heterocycles. The number of para-hydroxylation sites is 1. The molecule has 1 aromatic carbocycles. The van der Waals surface area contributed by atoms with Gasteiger partial charge in [0.25, 0.3) is 5.91 Å². The van der Waals surface area contributed by atoms with Crippen LogP contribution in [0.3, 0.4) is 0 Å². The van der Waals surface area contributed by atoms with Crippen LogP contribution < -0.4 is 15.8 Å². The summed E-state index contributed by atoms with van der Waals surface area (Å²) in [7, 11) is 0. The van der Waals surface area contributed by atoms with Crippen molar-refractivity contribution < 1.29 is 9.53 Å². The summed E-state index contributed by atoms with van der Waals surface area (Å²) in [6.45, 7) is 2.81. The van der Waals surface area contributed by atoms with E-state index < -0.39 is 0 Å². The van der Waals surface area contributed by atoms with Crippen LogP contribution >= 0.6 is 0 Å². The van der Waals surface area contributed by atoms with E-state index in [0.29, 0.717) is 30.3 Å². The Morgan fingerprint density at radius 2 is 2.15 bits per heavy atom. The number of aromatic nitrogens is 1. The highest BCUT2D eigenvalue weighted by Crippen LogP contribution is 2.24. The molecule has 0 saturated carbocycles.